The Hall–Kier alpha value is -0.790. The third-order valence-electron chi connectivity index (χ3n) is 2.41. The Morgan fingerprint density at radius 3 is 3.09 bits per heavy atom. The molecule has 2 rings (SSSR count). The summed E-state index contributed by atoms with van der Waals surface area (Å²) in [7, 11) is 0. The largest absolute Gasteiger partial charge is 0.490 e. The second-order valence-corrected chi connectivity index (χ2v) is 3.35. The molecule has 1 heterocycles. The summed E-state index contributed by atoms with van der Waals surface area (Å²) in [5.41, 5.74) is 1.26. The van der Waals surface area contributed by atoms with Crippen LogP contribution in [-0.4, -0.2) is 12.4 Å². The average molecular weight is 152 g/mol. The van der Waals surface area contributed by atoms with Crippen molar-refractivity contribution in [1.82, 2.24) is 0 Å². The molecular weight excluding hydrogens is 140 g/mol. The molecule has 2 heteroatoms. The predicted octanol–water partition coefficient (Wildman–Crippen LogP) is 1.66. The van der Waals surface area contributed by atoms with E-state index in [2.05, 4.69) is 0 Å². The Balaban J connectivity index is 2.27. The van der Waals surface area contributed by atoms with Gasteiger partial charge in [0.1, 0.15) is 0 Å². The Morgan fingerprint density at radius 1 is 1.55 bits per heavy atom. The molecule has 0 aromatic carbocycles. The Bertz CT molecular complexity index is 228. The Kier molecular flexibility index (Phi) is 1.48. The van der Waals surface area contributed by atoms with E-state index in [4.69, 9.17) is 4.74 Å². The molecule has 0 N–H and O–H groups in total. The van der Waals surface area contributed by atoms with Crippen molar-refractivity contribution < 1.29 is 9.53 Å². The molecule has 1 unspecified atom stereocenters. The van der Waals surface area contributed by atoms with E-state index in [1.807, 2.05) is 6.92 Å². The molecule has 0 saturated heterocycles. The highest BCUT2D eigenvalue weighted by atomic mass is 16.5. The van der Waals surface area contributed by atoms with Crippen LogP contribution in [0.1, 0.15) is 26.2 Å². The number of hydrogen-bond donors (Lipinski definition) is 0. The fraction of sp³-hybridized carbons (Fsp3) is 0.667. The van der Waals surface area contributed by atoms with Crippen molar-refractivity contribution in [2.75, 3.05) is 6.61 Å². The van der Waals surface area contributed by atoms with E-state index in [0.29, 0.717) is 5.76 Å². The SMILES string of the molecule is CC1CC2=C(OCCC2)C1=O. The van der Waals surface area contributed by atoms with Gasteiger partial charge in [0, 0.05) is 5.92 Å². The monoisotopic (exact) mass is 152 g/mol. The quantitative estimate of drug-likeness (QED) is 0.527. The summed E-state index contributed by atoms with van der Waals surface area (Å²) in [5, 5.41) is 0. The molecule has 2 nitrogen and oxygen atoms in total. The van der Waals surface area contributed by atoms with Crippen LogP contribution in [0, 0.1) is 5.92 Å². The van der Waals surface area contributed by atoms with Crippen molar-refractivity contribution in [3.05, 3.63) is 11.3 Å². The van der Waals surface area contributed by atoms with Crippen molar-refractivity contribution in [1.29, 1.82) is 0 Å². The third-order valence-corrected chi connectivity index (χ3v) is 2.41. The molecular formula is C9H12O2. The van der Waals surface area contributed by atoms with Crippen LogP contribution in [0.2, 0.25) is 0 Å². The van der Waals surface area contributed by atoms with Crippen molar-refractivity contribution in [2.24, 2.45) is 5.92 Å². The number of carbonyl (C=O) groups excluding carboxylic acids is 1. The minimum absolute atomic E-state index is 0.179. The molecule has 60 valence electrons. The summed E-state index contributed by atoms with van der Waals surface area (Å²) in [6.45, 7) is 2.71. The lowest BCUT2D eigenvalue weighted by Gasteiger charge is -2.13. The van der Waals surface area contributed by atoms with Crippen molar-refractivity contribution in [3.8, 4) is 0 Å². The summed E-state index contributed by atoms with van der Waals surface area (Å²) in [6, 6.07) is 0. The molecule has 0 amide bonds. The molecule has 0 bridgehead atoms. The van der Waals surface area contributed by atoms with Gasteiger partial charge in [-0.1, -0.05) is 6.92 Å². The first kappa shape index (κ1) is 6.89. The molecule has 2 aliphatic rings. The number of Topliss-reactive ketones (excluding diaryl/α,β-unsaturated/α-hetero) is 1. The molecule has 0 saturated carbocycles. The van der Waals surface area contributed by atoms with Gasteiger partial charge in [0.2, 0.25) is 0 Å². The average Bonchev–Trinajstić information content (AvgIpc) is 2.30. The van der Waals surface area contributed by atoms with Gasteiger partial charge in [-0.05, 0) is 24.8 Å². The standard InChI is InChI=1S/C9H12O2/c1-6-5-7-3-2-4-11-9(7)8(6)10/h6H,2-5H2,1H3. The molecule has 0 aromatic rings. The second-order valence-electron chi connectivity index (χ2n) is 3.35. The van der Waals surface area contributed by atoms with Gasteiger partial charge in [-0.25, -0.2) is 0 Å². The lowest BCUT2D eigenvalue weighted by atomic mass is 10.1. The lowest BCUT2D eigenvalue weighted by Crippen LogP contribution is -2.10. The Labute approximate surface area is 66.2 Å². The van der Waals surface area contributed by atoms with Gasteiger partial charge in [0.15, 0.2) is 11.5 Å². The molecule has 0 radical (unpaired) electrons. The maximum atomic E-state index is 11.4. The van der Waals surface area contributed by atoms with Gasteiger partial charge in [0.05, 0.1) is 6.61 Å². The van der Waals surface area contributed by atoms with Gasteiger partial charge in [-0.3, -0.25) is 4.79 Å². The summed E-state index contributed by atoms with van der Waals surface area (Å²) in [6.07, 6.45) is 3.10. The lowest BCUT2D eigenvalue weighted by molar-refractivity contribution is -0.121. The maximum absolute atomic E-state index is 11.4. The zero-order valence-electron chi connectivity index (χ0n) is 6.72. The summed E-state index contributed by atoms with van der Waals surface area (Å²) in [4.78, 5) is 11.4. The van der Waals surface area contributed by atoms with Gasteiger partial charge in [0.25, 0.3) is 0 Å². The van der Waals surface area contributed by atoms with Gasteiger partial charge < -0.3 is 4.74 Å². The number of ketones is 1. The van der Waals surface area contributed by atoms with E-state index in [0.717, 1.165) is 25.9 Å². The van der Waals surface area contributed by atoms with Crippen LogP contribution >= 0.6 is 0 Å². The normalized spacial score (nSPS) is 30.3. The fourth-order valence-electron chi connectivity index (χ4n) is 1.80. The smallest absolute Gasteiger partial charge is 0.200 e. The van der Waals surface area contributed by atoms with E-state index in [-0.39, 0.29) is 11.7 Å². The number of rotatable bonds is 0. The Morgan fingerprint density at radius 2 is 2.36 bits per heavy atom. The third kappa shape index (κ3) is 0.971. The second kappa shape index (κ2) is 2.36. The minimum Gasteiger partial charge on any atom is -0.490 e. The highest BCUT2D eigenvalue weighted by molar-refractivity contribution is 5.98. The number of ether oxygens (including phenoxy) is 1. The fourth-order valence-corrected chi connectivity index (χ4v) is 1.80. The van der Waals surface area contributed by atoms with E-state index < -0.39 is 0 Å². The first-order chi connectivity index (χ1) is 5.29. The summed E-state index contributed by atoms with van der Waals surface area (Å²) >= 11 is 0. The molecule has 0 aromatic heterocycles. The first-order valence-electron chi connectivity index (χ1n) is 4.18. The number of hydrogen-bond acceptors (Lipinski definition) is 2. The zero-order valence-corrected chi connectivity index (χ0v) is 6.72. The van der Waals surface area contributed by atoms with Crippen LogP contribution in [0.15, 0.2) is 11.3 Å². The van der Waals surface area contributed by atoms with E-state index >= 15 is 0 Å². The van der Waals surface area contributed by atoms with E-state index in [9.17, 15) is 4.79 Å². The van der Waals surface area contributed by atoms with Crippen molar-refractivity contribution in [2.45, 2.75) is 26.2 Å². The highest BCUT2D eigenvalue weighted by Gasteiger charge is 2.32. The van der Waals surface area contributed by atoms with Crippen LogP contribution in [0.3, 0.4) is 0 Å². The summed E-state index contributed by atoms with van der Waals surface area (Å²) in [5.74, 6) is 1.10. The van der Waals surface area contributed by atoms with Crippen LogP contribution in [-0.2, 0) is 9.53 Å². The molecule has 0 fully saturated rings. The van der Waals surface area contributed by atoms with Crippen LogP contribution < -0.4 is 0 Å². The molecule has 1 aliphatic carbocycles. The maximum Gasteiger partial charge on any atom is 0.200 e. The molecule has 11 heavy (non-hydrogen) atoms. The number of allylic oxidation sites excluding steroid dienone is 2. The molecule has 1 aliphatic heterocycles. The predicted molar refractivity (Wildman–Crippen MR) is 41.0 cm³/mol. The van der Waals surface area contributed by atoms with Crippen LogP contribution in [0.4, 0.5) is 0 Å². The number of carbonyl (C=O) groups is 1. The topological polar surface area (TPSA) is 26.3 Å². The summed E-state index contributed by atoms with van der Waals surface area (Å²) < 4.78 is 5.31. The molecule has 0 spiro atoms. The van der Waals surface area contributed by atoms with Crippen molar-refractivity contribution in [3.63, 3.8) is 0 Å². The van der Waals surface area contributed by atoms with Crippen molar-refractivity contribution >= 4 is 5.78 Å². The molecule has 1 atom stereocenters. The van der Waals surface area contributed by atoms with Crippen LogP contribution in [0.25, 0.3) is 0 Å². The highest BCUT2D eigenvalue weighted by Crippen LogP contribution is 2.34. The van der Waals surface area contributed by atoms with E-state index in [1.54, 1.807) is 0 Å². The minimum atomic E-state index is 0.179. The van der Waals surface area contributed by atoms with Gasteiger partial charge in [-0.15, -0.1) is 0 Å². The van der Waals surface area contributed by atoms with Crippen LogP contribution in [0.5, 0.6) is 0 Å². The van der Waals surface area contributed by atoms with Gasteiger partial charge >= 0.3 is 0 Å². The van der Waals surface area contributed by atoms with Gasteiger partial charge in [-0.2, -0.15) is 0 Å². The first-order valence-corrected chi connectivity index (χ1v) is 4.18. The zero-order chi connectivity index (χ0) is 7.84. The van der Waals surface area contributed by atoms with E-state index in [1.165, 1.54) is 5.57 Å².